The summed E-state index contributed by atoms with van der Waals surface area (Å²) in [5.41, 5.74) is 7.09. The van der Waals surface area contributed by atoms with E-state index in [0.29, 0.717) is 5.69 Å². The van der Waals surface area contributed by atoms with Gasteiger partial charge in [-0.2, -0.15) is 5.10 Å². The highest BCUT2D eigenvalue weighted by molar-refractivity contribution is 9.10. The maximum atomic E-state index is 12.3. The second-order valence-corrected chi connectivity index (χ2v) is 5.56. The van der Waals surface area contributed by atoms with Crippen molar-refractivity contribution in [2.24, 2.45) is 7.05 Å². The molecule has 3 N–H and O–H groups in total. The van der Waals surface area contributed by atoms with Gasteiger partial charge in [-0.3, -0.25) is 9.48 Å². The van der Waals surface area contributed by atoms with E-state index in [4.69, 9.17) is 5.73 Å². The first-order chi connectivity index (χ1) is 10.1. The first kappa shape index (κ1) is 13.6. The SMILES string of the molecule is Cn1cc(N)c(C(=O)Nc2ccc(Br)c3ccccc23)n1. The minimum atomic E-state index is -0.319. The standard InChI is InChI=1S/C15H13BrN4O/c1-20-8-12(17)14(19-20)15(21)18-13-7-6-11(16)9-4-2-3-5-10(9)13/h2-8H,17H2,1H3,(H,18,21). The molecule has 0 bridgehead atoms. The average molecular weight is 345 g/mol. The molecule has 0 saturated carbocycles. The number of amides is 1. The van der Waals surface area contributed by atoms with E-state index in [9.17, 15) is 4.79 Å². The van der Waals surface area contributed by atoms with E-state index in [0.717, 1.165) is 20.9 Å². The Morgan fingerprint density at radius 1 is 1.24 bits per heavy atom. The van der Waals surface area contributed by atoms with Gasteiger partial charge in [0, 0.05) is 28.8 Å². The number of nitrogens with zero attached hydrogens (tertiary/aromatic N) is 2. The van der Waals surface area contributed by atoms with Crippen molar-refractivity contribution in [1.82, 2.24) is 9.78 Å². The minimum absolute atomic E-state index is 0.226. The maximum Gasteiger partial charge on any atom is 0.278 e. The van der Waals surface area contributed by atoms with Gasteiger partial charge in [0.05, 0.1) is 5.69 Å². The molecule has 0 saturated heterocycles. The molecule has 3 rings (SSSR count). The molecule has 21 heavy (non-hydrogen) atoms. The zero-order valence-electron chi connectivity index (χ0n) is 11.3. The number of hydrogen-bond donors (Lipinski definition) is 2. The number of halogens is 1. The third-order valence-electron chi connectivity index (χ3n) is 3.19. The average Bonchev–Trinajstić information content (AvgIpc) is 2.81. The van der Waals surface area contributed by atoms with E-state index in [2.05, 4.69) is 26.3 Å². The number of nitrogens with two attached hydrogens (primary N) is 1. The van der Waals surface area contributed by atoms with Gasteiger partial charge in [0.15, 0.2) is 5.69 Å². The summed E-state index contributed by atoms with van der Waals surface area (Å²) in [4.78, 5) is 12.3. The van der Waals surface area contributed by atoms with E-state index in [1.807, 2.05) is 36.4 Å². The zero-order chi connectivity index (χ0) is 15.0. The molecule has 0 unspecified atom stereocenters. The lowest BCUT2D eigenvalue weighted by Crippen LogP contribution is -2.14. The Labute approximate surface area is 129 Å². The third kappa shape index (κ3) is 2.50. The molecule has 0 fully saturated rings. The summed E-state index contributed by atoms with van der Waals surface area (Å²) in [6.45, 7) is 0. The van der Waals surface area contributed by atoms with Crippen molar-refractivity contribution >= 4 is 44.0 Å². The van der Waals surface area contributed by atoms with Crippen molar-refractivity contribution in [3.05, 3.63) is 52.8 Å². The van der Waals surface area contributed by atoms with E-state index < -0.39 is 0 Å². The van der Waals surface area contributed by atoms with Gasteiger partial charge in [-0.15, -0.1) is 0 Å². The van der Waals surface area contributed by atoms with Crippen LogP contribution < -0.4 is 11.1 Å². The highest BCUT2D eigenvalue weighted by Gasteiger charge is 2.15. The summed E-state index contributed by atoms with van der Waals surface area (Å²) in [6.07, 6.45) is 1.61. The highest BCUT2D eigenvalue weighted by Crippen LogP contribution is 2.30. The largest absolute Gasteiger partial charge is 0.396 e. The highest BCUT2D eigenvalue weighted by atomic mass is 79.9. The topological polar surface area (TPSA) is 72.9 Å². The summed E-state index contributed by atoms with van der Waals surface area (Å²) >= 11 is 3.51. The molecule has 1 heterocycles. The molecule has 3 aromatic rings. The second kappa shape index (κ2) is 5.21. The van der Waals surface area contributed by atoms with E-state index in [-0.39, 0.29) is 11.6 Å². The Hall–Kier alpha value is -2.34. The number of nitrogen functional groups attached to an aromatic ring is 1. The third-order valence-corrected chi connectivity index (χ3v) is 3.88. The Balaban J connectivity index is 2.01. The number of carbonyl (C=O) groups is 1. The number of carbonyl (C=O) groups excluding carboxylic acids is 1. The molecule has 0 aliphatic rings. The molecule has 0 spiro atoms. The zero-order valence-corrected chi connectivity index (χ0v) is 12.9. The lowest BCUT2D eigenvalue weighted by molar-refractivity contribution is 0.102. The van der Waals surface area contributed by atoms with Crippen LogP contribution in [0.4, 0.5) is 11.4 Å². The van der Waals surface area contributed by atoms with Crippen LogP contribution in [0.3, 0.4) is 0 Å². The smallest absolute Gasteiger partial charge is 0.278 e. The monoisotopic (exact) mass is 344 g/mol. The molecular weight excluding hydrogens is 332 g/mol. The summed E-state index contributed by atoms with van der Waals surface area (Å²) in [5, 5.41) is 8.93. The van der Waals surface area contributed by atoms with Crippen molar-refractivity contribution < 1.29 is 4.79 Å². The molecular formula is C15H13BrN4O. The fraction of sp³-hybridized carbons (Fsp3) is 0.0667. The van der Waals surface area contributed by atoms with E-state index in [1.54, 1.807) is 13.2 Å². The van der Waals surface area contributed by atoms with Crippen LogP contribution in [0.15, 0.2) is 47.1 Å². The van der Waals surface area contributed by atoms with E-state index in [1.165, 1.54) is 4.68 Å². The van der Waals surface area contributed by atoms with Crippen molar-refractivity contribution in [1.29, 1.82) is 0 Å². The number of aromatic nitrogens is 2. The number of fused-ring (bicyclic) bond motifs is 1. The van der Waals surface area contributed by atoms with Crippen molar-refractivity contribution in [2.45, 2.75) is 0 Å². The summed E-state index contributed by atoms with van der Waals surface area (Å²) in [6, 6.07) is 11.6. The molecule has 106 valence electrons. The Morgan fingerprint density at radius 3 is 2.62 bits per heavy atom. The molecule has 1 amide bonds. The van der Waals surface area contributed by atoms with Gasteiger partial charge in [-0.25, -0.2) is 0 Å². The van der Waals surface area contributed by atoms with Crippen LogP contribution in [0.1, 0.15) is 10.5 Å². The summed E-state index contributed by atoms with van der Waals surface area (Å²) in [7, 11) is 1.72. The Morgan fingerprint density at radius 2 is 1.95 bits per heavy atom. The molecule has 0 atom stereocenters. The van der Waals surface area contributed by atoms with Gasteiger partial charge < -0.3 is 11.1 Å². The summed E-state index contributed by atoms with van der Waals surface area (Å²) in [5.74, 6) is -0.319. The number of hydrogen-bond acceptors (Lipinski definition) is 3. The van der Waals surface area contributed by atoms with Crippen LogP contribution >= 0.6 is 15.9 Å². The fourth-order valence-electron chi connectivity index (χ4n) is 2.24. The van der Waals surface area contributed by atoms with Gasteiger partial charge >= 0.3 is 0 Å². The number of anilines is 2. The van der Waals surface area contributed by atoms with Crippen LogP contribution in [-0.2, 0) is 7.05 Å². The quantitative estimate of drug-likeness (QED) is 0.749. The van der Waals surface area contributed by atoms with Gasteiger partial charge in [0.2, 0.25) is 0 Å². The predicted molar refractivity (Wildman–Crippen MR) is 87.2 cm³/mol. The van der Waals surface area contributed by atoms with Crippen LogP contribution in [0.5, 0.6) is 0 Å². The molecule has 0 aliphatic carbocycles. The molecule has 1 aromatic heterocycles. The van der Waals surface area contributed by atoms with Crippen molar-refractivity contribution in [3.63, 3.8) is 0 Å². The number of nitrogens with one attached hydrogen (secondary N) is 1. The number of rotatable bonds is 2. The normalized spacial score (nSPS) is 10.8. The van der Waals surface area contributed by atoms with Crippen molar-refractivity contribution in [2.75, 3.05) is 11.1 Å². The predicted octanol–water partition coefficient (Wildman–Crippen LogP) is 3.17. The Kier molecular flexibility index (Phi) is 3.39. The first-order valence-corrected chi connectivity index (χ1v) is 7.13. The van der Waals surface area contributed by atoms with Gasteiger partial charge in [-0.1, -0.05) is 40.2 Å². The van der Waals surface area contributed by atoms with Crippen molar-refractivity contribution in [3.8, 4) is 0 Å². The molecule has 5 nitrogen and oxygen atoms in total. The minimum Gasteiger partial charge on any atom is -0.396 e. The van der Waals surface area contributed by atoms with Gasteiger partial charge in [0.25, 0.3) is 5.91 Å². The number of benzene rings is 2. The second-order valence-electron chi connectivity index (χ2n) is 4.70. The van der Waals surface area contributed by atoms with E-state index >= 15 is 0 Å². The summed E-state index contributed by atoms with van der Waals surface area (Å²) < 4.78 is 2.50. The lowest BCUT2D eigenvalue weighted by Gasteiger charge is -2.09. The van der Waals surface area contributed by atoms with Crippen LogP contribution in [0.2, 0.25) is 0 Å². The van der Waals surface area contributed by atoms with Crippen LogP contribution in [0, 0.1) is 0 Å². The number of aryl methyl sites for hydroxylation is 1. The molecule has 0 aliphatic heterocycles. The molecule has 0 radical (unpaired) electrons. The fourth-order valence-corrected chi connectivity index (χ4v) is 2.71. The lowest BCUT2D eigenvalue weighted by atomic mass is 10.1. The van der Waals surface area contributed by atoms with Gasteiger partial charge in [-0.05, 0) is 17.5 Å². The molecule has 6 heteroatoms. The van der Waals surface area contributed by atoms with Crippen LogP contribution in [0.25, 0.3) is 10.8 Å². The first-order valence-electron chi connectivity index (χ1n) is 6.34. The van der Waals surface area contributed by atoms with Gasteiger partial charge in [0.1, 0.15) is 0 Å². The van der Waals surface area contributed by atoms with Crippen LogP contribution in [-0.4, -0.2) is 15.7 Å². The Bertz CT molecular complexity index is 841. The maximum absolute atomic E-state index is 12.3. The molecule has 2 aromatic carbocycles.